The standard InChI is InChI=1S/C22H23N3O3/c26-19-11-12-20(27)25(19)21(17-7-3-1-4-8-17)22(28)24-15-13-23(14-16-24)18-9-5-2-6-10-18/h1-10,21H,11-16H2. The molecule has 0 radical (unpaired) electrons. The van der Waals surface area contributed by atoms with Gasteiger partial charge in [0.2, 0.25) is 11.8 Å². The molecule has 3 amide bonds. The number of hydrogen-bond donors (Lipinski definition) is 0. The number of carbonyl (C=O) groups excluding carboxylic acids is 3. The Labute approximate surface area is 164 Å². The molecule has 2 aliphatic rings. The number of benzene rings is 2. The van der Waals surface area contributed by atoms with E-state index in [0.29, 0.717) is 18.7 Å². The van der Waals surface area contributed by atoms with Gasteiger partial charge in [0.1, 0.15) is 6.04 Å². The van der Waals surface area contributed by atoms with Crippen LogP contribution >= 0.6 is 0 Å². The summed E-state index contributed by atoms with van der Waals surface area (Å²) in [5.74, 6) is -0.715. The summed E-state index contributed by atoms with van der Waals surface area (Å²) >= 11 is 0. The highest BCUT2D eigenvalue weighted by Crippen LogP contribution is 2.29. The van der Waals surface area contributed by atoms with Crippen LogP contribution in [0.3, 0.4) is 0 Å². The quantitative estimate of drug-likeness (QED) is 0.767. The van der Waals surface area contributed by atoms with Crippen molar-refractivity contribution in [3.05, 3.63) is 66.2 Å². The van der Waals surface area contributed by atoms with Crippen molar-refractivity contribution >= 4 is 23.4 Å². The number of carbonyl (C=O) groups is 3. The molecule has 0 N–H and O–H groups in total. The van der Waals surface area contributed by atoms with Gasteiger partial charge < -0.3 is 9.80 Å². The third-order valence-electron chi connectivity index (χ3n) is 5.41. The van der Waals surface area contributed by atoms with Gasteiger partial charge in [0.25, 0.3) is 5.91 Å². The van der Waals surface area contributed by atoms with Crippen LogP contribution in [0.15, 0.2) is 60.7 Å². The van der Waals surface area contributed by atoms with Crippen molar-refractivity contribution in [2.75, 3.05) is 31.1 Å². The number of amides is 3. The topological polar surface area (TPSA) is 60.9 Å². The fraction of sp³-hybridized carbons (Fsp3) is 0.318. The molecule has 0 aliphatic carbocycles. The van der Waals surface area contributed by atoms with Gasteiger partial charge >= 0.3 is 0 Å². The monoisotopic (exact) mass is 377 g/mol. The minimum Gasteiger partial charge on any atom is -0.368 e. The first-order valence-electron chi connectivity index (χ1n) is 9.64. The van der Waals surface area contributed by atoms with Crippen LogP contribution < -0.4 is 4.90 Å². The number of imide groups is 1. The molecular weight excluding hydrogens is 354 g/mol. The van der Waals surface area contributed by atoms with Crippen LogP contribution in [-0.4, -0.2) is 53.7 Å². The van der Waals surface area contributed by atoms with Crippen LogP contribution in [0.5, 0.6) is 0 Å². The van der Waals surface area contributed by atoms with E-state index in [1.807, 2.05) is 48.5 Å². The maximum absolute atomic E-state index is 13.4. The van der Waals surface area contributed by atoms with Crippen LogP contribution in [0.4, 0.5) is 5.69 Å². The summed E-state index contributed by atoms with van der Waals surface area (Å²) in [6.45, 7) is 2.57. The van der Waals surface area contributed by atoms with E-state index in [9.17, 15) is 14.4 Å². The van der Waals surface area contributed by atoms with E-state index in [0.717, 1.165) is 18.8 Å². The zero-order valence-corrected chi connectivity index (χ0v) is 15.7. The first kappa shape index (κ1) is 18.2. The second-order valence-electron chi connectivity index (χ2n) is 7.12. The fourth-order valence-electron chi connectivity index (χ4n) is 3.92. The Hall–Kier alpha value is -3.15. The van der Waals surface area contributed by atoms with Crippen LogP contribution in [0.2, 0.25) is 0 Å². The van der Waals surface area contributed by atoms with Crippen LogP contribution in [0.25, 0.3) is 0 Å². The number of rotatable bonds is 4. The lowest BCUT2D eigenvalue weighted by Gasteiger charge is -2.38. The number of piperazine rings is 1. The molecule has 1 atom stereocenters. The zero-order valence-electron chi connectivity index (χ0n) is 15.7. The Balaban J connectivity index is 1.53. The van der Waals surface area contributed by atoms with Gasteiger partial charge in [-0.05, 0) is 17.7 Å². The van der Waals surface area contributed by atoms with E-state index in [1.54, 1.807) is 4.90 Å². The lowest BCUT2D eigenvalue weighted by molar-refractivity contribution is -0.151. The van der Waals surface area contributed by atoms with E-state index in [2.05, 4.69) is 17.0 Å². The predicted molar refractivity (Wildman–Crippen MR) is 106 cm³/mol. The minimum absolute atomic E-state index is 0.178. The Bertz CT molecular complexity index is 845. The van der Waals surface area contributed by atoms with E-state index < -0.39 is 6.04 Å². The Morgan fingerprint density at radius 1 is 0.750 bits per heavy atom. The van der Waals surface area contributed by atoms with Crippen LogP contribution in [-0.2, 0) is 14.4 Å². The summed E-state index contributed by atoms with van der Waals surface area (Å²) in [7, 11) is 0. The molecule has 2 heterocycles. The summed E-state index contributed by atoms with van der Waals surface area (Å²) in [5, 5.41) is 0. The van der Waals surface area contributed by atoms with Gasteiger partial charge in [-0.1, -0.05) is 48.5 Å². The fourth-order valence-corrected chi connectivity index (χ4v) is 3.92. The van der Waals surface area contributed by atoms with Crippen molar-refractivity contribution in [2.45, 2.75) is 18.9 Å². The van der Waals surface area contributed by atoms with Gasteiger partial charge in [0.05, 0.1) is 0 Å². The van der Waals surface area contributed by atoms with Crippen molar-refractivity contribution in [2.24, 2.45) is 0 Å². The molecule has 0 saturated carbocycles. The van der Waals surface area contributed by atoms with Crippen molar-refractivity contribution in [1.29, 1.82) is 0 Å². The Kier molecular flexibility index (Phi) is 5.10. The van der Waals surface area contributed by atoms with E-state index in [-0.39, 0.29) is 30.6 Å². The molecule has 28 heavy (non-hydrogen) atoms. The van der Waals surface area contributed by atoms with Gasteiger partial charge in [-0.2, -0.15) is 0 Å². The molecule has 0 aromatic heterocycles. The number of likely N-dealkylation sites (tertiary alicyclic amines) is 1. The maximum atomic E-state index is 13.4. The normalized spacial score (nSPS) is 18.5. The molecule has 1 unspecified atom stereocenters. The van der Waals surface area contributed by atoms with Crippen LogP contribution in [0, 0.1) is 0 Å². The third kappa shape index (κ3) is 3.50. The lowest BCUT2D eigenvalue weighted by Crippen LogP contribution is -2.53. The largest absolute Gasteiger partial charge is 0.368 e. The highest BCUT2D eigenvalue weighted by atomic mass is 16.2. The average Bonchev–Trinajstić information content (AvgIpc) is 3.08. The van der Waals surface area contributed by atoms with Gasteiger partial charge in [0, 0.05) is 44.7 Å². The predicted octanol–water partition coefficient (Wildman–Crippen LogP) is 2.23. The van der Waals surface area contributed by atoms with Gasteiger partial charge in [-0.25, -0.2) is 0 Å². The summed E-state index contributed by atoms with van der Waals surface area (Å²) in [6, 6.07) is 18.4. The summed E-state index contributed by atoms with van der Waals surface area (Å²) in [6.07, 6.45) is 0.356. The number of para-hydroxylation sites is 1. The van der Waals surface area contributed by atoms with E-state index >= 15 is 0 Å². The first-order valence-corrected chi connectivity index (χ1v) is 9.64. The third-order valence-corrected chi connectivity index (χ3v) is 5.41. The minimum atomic E-state index is -0.869. The Morgan fingerprint density at radius 3 is 1.86 bits per heavy atom. The SMILES string of the molecule is O=C(C(c1ccccc1)N1C(=O)CCC1=O)N1CCN(c2ccccc2)CC1. The first-order chi connectivity index (χ1) is 13.6. The second kappa shape index (κ2) is 7.84. The lowest BCUT2D eigenvalue weighted by atomic mass is 10.0. The smallest absolute Gasteiger partial charge is 0.250 e. The van der Waals surface area contributed by atoms with Crippen molar-refractivity contribution in [3.8, 4) is 0 Å². The molecule has 6 nitrogen and oxygen atoms in total. The molecule has 0 spiro atoms. The molecule has 2 saturated heterocycles. The number of hydrogen-bond acceptors (Lipinski definition) is 4. The maximum Gasteiger partial charge on any atom is 0.250 e. The molecule has 2 aromatic carbocycles. The number of anilines is 1. The summed E-state index contributed by atoms with van der Waals surface area (Å²) < 4.78 is 0. The molecular formula is C22H23N3O3. The average molecular weight is 377 g/mol. The highest BCUT2D eigenvalue weighted by Gasteiger charge is 2.41. The zero-order chi connectivity index (χ0) is 19.5. The molecule has 2 fully saturated rings. The molecule has 2 aromatic rings. The van der Waals surface area contributed by atoms with E-state index in [1.165, 1.54) is 4.90 Å². The Morgan fingerprint density at radius 2 is 1.29 bits per heavy atom. The molecule has 6 heteroatoms. The highest BCUT2D eigenvalue weighted by molar-refractivity contribution is 6.05. The van der Waals surface area contributed by atoms with Gasteiger partial charge in [-0.3, -0.25) is 19.3 Å². The molecule has 0 bridgehead atoms. The van der Waals surface area contributed by atoms with Gasteiger partial charge in [-0.15, -0.1) is 0 Å². The van der Waals surface area contributed by atoms with Crippen molar-refractivity contribution in [1.82, 2.24) is 9.80 Å². The van der Waals surface area contributed by atoms with Crippen LogP contribution in [0.1, 0.15) is 24.4 Å². The second-order valence-corrected chi connectivity index (χ2v) is 7.12. The molecule has 4 rings (SSSR count). The molecule has 144 valence electrons. The van der Waals surface area contributed by atoms with Crippen molar-refractivity contribution in [3.63, 3.8) is 0 Å². The summed E-state index contributed by atoms with van der Waals surface area (Å²) in [4.78, 5) is 43.3. The summed E-state index contributed by atoms with van der Waals surface area (Å²) in [5.41, 5.74) is 1.82. The van der Waals surface area contributed by atoms with Crippen molar-refractivity contribution < 1.29 is 14.4 Å². The van der Waals surface area contributed by atoms with Gasteiger partial charge in [0.15, 0.2) is 0 Å². The number of nitrogens with zero attached hydrogens (tertiary/aromatic N) is 3. The van der Waals surface area contributed by atoms with E-state index in [4.69, 9.17) is 0 Å². The molecule has 2 aliphatic heterocycles.